The fraction of sp³-hybridized carbons (Fsp3) is 0.533. The van der Waals surface area contributed by atoms with Crippen LogP contribution in [0.2, 0.25) is 0 Å². The van der Waals surface area contributed by atoms with E-state index >= 15 is 0 Å². The molecule has 0 aliphatic heterocycles. The number of carbonyl (C=O) groups excluding carboxylic acids is 1. The van der Waals surface area contributed by atoms with E-state index in [-0.39, 0.29) is 22.9 Å². The molecular weight excluding hydrogens is 472 g/mol. The molecule has 2 N–H and O–H groups in total. The van der Waals surface area contributed by atoms with Crippen LogP contribution in [0.5, 0.6) is 0 Å². The summed E-state index contributed by atoms with van der Waals surface area (Å²) in [6.45, 7) is 11.2. The number of carbonyl (C=O) groups is 1. The molecule has 0 aromatic heterocycles. The number of benzene rings is 2. The van der Waals surface area contributed by atoms with Crippen molar-refractivity contribution in [3.8, 4) is 0 Å². The Kier molecular flexibility index (Phi) is 9.82. The summed E-state index contributed by atoms with van der Waals surface area (Å²) in [5.41, 5.74) is 3.93. The van der Waals surface area contributed by atoms with E-state index < -0.39 is 11.6 Å². The van der Waals surface area contributed by atoms with Crippen molar-refractivity contribution >= 4 is 11.6 Å². The minimum atomic E-state index is -0.612. The maximum atomic E-state index is 13.7. The Morgan fingerprint density at radius 3 is 2.38 bits per heavy atom. The molecule has 37 heavy (non-hydrogen) atoms. The zero-order valence-corrected chi connectivity index (χ0v) is 22.8. The summed E-state index contributed by atoms with van der Waals surface area (Å²) < 4.78 is 27.5. The first-order valence-electron chi connectivity index (χ1n) is 13.3. The third-order valence-electron chi connectivity index (χ3n) is 7.05. The van der Waals surface area contributed by atoms with Crippen molar-refractivity contribution in [2.24, 2.45) is 5.16 Å². The van der Waals surface area contributed by atoms with Crippen molar-refractivity contribution in [2.75, 3.05) is 13.2 Å². The van der Waals surface area contributed by atoms with Crippen molar-refractivity contribution in [1.82, 2.24) is 10.6 Å². The van der Waals surface area contributed by atoms with Gasteiger partial charge in [0.2, 0.25) is 5.91 Å². The lowest BCUT2D eigenvalue weighted by Gasteiger charge is -2.40. The number of oxime groups is 1. The Bertz CT molecular complexity index is 1060. The molecule has 1 atom stereocenters. The fourth-order valence-electron chi connectivity index (χ4n) is 5.08. The predicted octanol–water partition coefficient (Wildman–Crippen LogP) is 6.15. The van der Waals surface area contributed by atoms with Gasteiger partial charge in [0.1, 0.15) is 18.2 Å². The average molecular weight is 514 g/mol. The highest BCUT2D eigenvalue weighted by Gasteiger charge is 2.36. The van der Waals surface area contributed by atoms with Gasteiger partial charge >= 0.3 is 0 Å². The van der Waals surface area contributed by atoms with E-state index in [0.29, 0.717) is 31.6 Å². The van der Waals surface area contributed by atoms with E-state index in [1.807, 2.05) is 6.92 Å². The second-order valence-corrected chi connectivity index (χ2v) is 11.1. The Balaban J connectivity index is 1.79. The van der Waals surface area contributed by atoms with Crippen LogP contribution in [0.3, 0.4) is 0 Å². The first-order valence-corrected chi connectivity index (χ1v) is 13.3. The number of nitrogens with zero attached hydrogens (tertiary/aromatic N) is 1. The zero-order chi connectivity index (χ0) is 27.1. The molecule has 1 fully saturated rings. The van der Waals surface area contributed by atoms with Gasteiger partial charge in [-0.3, -0.25) is 4.79 Å². The highest BCUT2D eigenvalue weighted by Crippen LogP contribution is 2.38. The van der Waals surface area contributed by atoms with Crippen molar-refractivity contribution in [3.63, 3.8) is 0 Å². The number of nitrogens with one attached hydrogen (secondary N) is 2. The molecule has 0 unspecified atom stereocenters. The third-order valence-corrected chi connectivity index (χ3v) is 7.05. The van der Waals surface area contributed by atoms with Crippen LogP contribution in [0, 0.1) is 11.6 Å². The largest absolute Gasteiger partial charge is 0.396 e. The summed E-state index contributed by atoms with van der Waals surface area (Å²) >= 11 is 0. The maximum Gasteiger partial charge on any atom is 0.217 e. The van der Waals surface area contributed by atoms with Gasteiger partial charge in [0.05, 0.1) is 5.71 Å². The topological polar surface area (TPSA) is 62.7 Å². The van der Waals surface area contributed by atoms with Gasteiger partial charge in [-0.2, -0.15) is 0 Å². The van der Waals surface area contributed by atoms with Crippen LogP contribution in [-0.2, 0) is 27.0 Å². The minimum Gasteiger partial charge on any atom is -0.396 e. The standard InChI is InChI=1S/C30H41F2N3O2/c1-6-37-35-27-10-13-30(14-11-27,24-9-7-8-23(19-24)29(3,4)5)33-15-12-28(34-21(2)36)18-22-16-25(31)20-26(32)17-22/h7-9,16-17,19-20,28,33H,6,10-15,18H2,1-5H3,(H,34,36)/t28-,30?/m1/s1. The molecule has 1 aliphatic rings. The number of halogens is 2. The Hall–Kier alpha value is -2.80. The number of hydrogen-bond donors (Lipinski definition) is 2. The summed E-state index contributed by atoms with van der Waals surface area (Å²) in [7, 11) is 0. The molecule has 2 aromatic rings. The van der Waals surface area contributed by atoms with E-state index in [2.05, 4.69) is 60.8 Å². The summed E-state index contributed by atoms with van der Waals surface area (Å²) in [6.07, 6.45) is 4.42. The van der Waals surface area contributed by atoms with Crippen molar-refractivity contribution in [2.45, 2.75) is 90.1 Å². The smallest absolute Gasteiger partial charge is 0.217 e. The molecule has 0 heterocycles. The molecule has 1 amide bonds. The molecule has 2 aromatic carbocycles. The van der Waals surface area contributed by atoms with E-state index in [4.69, 9.17) is 4.84 Å². The van der Waals surface area contributed by atoms with Gasteiger partial charge in [0, 0.05) is 24.6 Å². The maximum absolute atomic E-state index is 13.7. The van der Waals surface area contributed by atoms with Crippen molar-refractivity contribution < 1.29 is 18.4 Å². The van der Waals surface area contributed by atoms with Gasteiger partial charge in [-0.25, -0.2) is 8.78 Å². The summed E-state index contributed by atoms with van der Waals surface area (Å²) in [5, 5.41) is 11.1. The van der Waals surface area contributed by atoms with Gasteiger partial charge in [-0.05, 0) is 86.2 Å². The van der Waals surface area contributed by atoms with Gasteiger partial charge in [0.15, 0.2) is 0 Å². The van der Waals surface area contributed by atoms with E-state index in [1.165, 1.54) is 30.2 Å². The van der Waals surface area contributed by atoms with Crippen LogP contribution >= 0.6 is 0 Å². The van der Waals surface area contributed by atoms with Crippen LogP contribution in [0.25, 0.3) is 0 Å². The summed E-state index contributed by atoms with van der Waals surface area (Å²) in [6, 6.07) is 12.1. The van der Waals surface area contributed by atoms with Crippen LogP contribution in [0.1, 0.15) is 83.4 Å². The van der Waals surface area contributed by atoms with Gasteiger partial charge < -0.3 is 15.5 Å². The average Bonchev–Trinajstić information content (AvgIpc) is 2.82. The van der Waals surface area contributed by atoms with E-state index in [1.54, 1.807) is 0 Å². The first-order chi connectivity index (χ1) is 17.5. The molecule has 0 saturated heterocycles. The fourth-order valence-corrected chi connectivity index (χ4v) is 5.08. The molecule has 0 bridgehead atoms. The van der Waals surface area contributed by atoms with Crippen LogP contribution in [-0.4, -0.2) is 30.8 Å². The number of hydrogen-bond acceptors (Lipinski definition) is 4. The highest BCUT2D eigenvalue weighted by atomic mass is 19.1. The van der Waals surface area contributed by atoms with E-state index in [0.717, 1.165) is 37.5 Å². The van der Waals surface area contributed by atoms with Crippen LogP contribution in [0.15, 0.2) is 47.6 Å². The SMILES string of the molecule is CCON=C1CCC(NCC[C@H](Cc2cc(F)cc(F)c2)NC(C)=O)(c2cccc(C(C)(C)C)c2)CC1. The lowest BCUT2D eigenvalue weighted by molar-refractivity contribution is -0.119. The van der Waals surface area contributed by atoms with Crippen LogP contribution in [0.4, 0.5) is 8.78 Å². The van der Waals surface area contributed by atoms with Gasteiger partial charge in [-0.1, -0.05) is 50.2 Å². The summed E-state index contributed by atoms with van der Waals surface area (Å²) in [5.74, 6) is -1.39. The quantitative estimate of drug-likeness (QED) is 0.375. The van der Waals surface area contributed by atoms with Crippen molar-refractivity contribution in [1.29, 1.82) is 0 Å². The Morgan fingerprint density at radius 1 is 1.11 bits per heavy atom. The second-order valence-electron chi connectivity index (χ2n) is 11.1. The molecular formula is C30H41F2N3O2. The molecule has 7 heteroatoms. The lowest BCUT2D eigenvalue weighted by atomic mass is 9.74. The minimum absolute atomic E-state index is 0.0319. The summed E-state index contributed by atoms with van der Waals surface area (Å²) in [4.78, 5) is 17.2. The van der Waals surface area contributed by atoms with Gasteiger partial charge in [0.25, 0.3) is 0 Å². The third kappa shape index (κ3) is 8.35. The molecule has 5 nitrogen and oxygen atoms in total. The van der Waals surface area contributed by atoms with Gasteiger partial charge in [-0.15, -0.1) is 0 Å². The Morgan fingerprint density at radius 2 is 1.78 bits per heavy atom. The number of amides is 1. The highest BCUT2D eigenvalue weighted by molar-refractivity contribution is 5.85. The zero-order valence-electron chi connectivity index (χ0n) is 22.8. The molecule has 1 aliphatic carbocycles. The second kappa shape index (κ2) is 12.6. The van der Waals surface area contributed by atoms with Crippen LogP contribution < -0.4 is 10.6 Å². The molecule has 0 radical (unpaired) electrons. The molecule has 3 rings (SSSR count). The molecule has 202 valence electrons. The first kappa shape index (κ1) is 28.8. The lowest BCUT2D eigenvalue weighted by Crippen LogP contribution is -2.47. The van der Waals surface area contributed by atoms with Crippen molar-refractivity contribution in [3.05, 3.63) is 70.8 Å². The molecule has 0 spiro atoms. The monoisotopic (exact) mass is 513 g/mol. The number of rotatable bonds is 10. The molecule has 1 saturated carbocycles. The van der Waals surface area contributed by atoms with E-state index in [9.17, 15) is 13.6 Å². The predicted molar refractivity (Wildman–Crippen MR) is 145 cm³/mol. The normalized spacial score (nSPS) is 18.8. The Labute approximate surface area is 220 Å².